The van der Waals surface area contributed by atoms with Gasteiger partial charge in [-0.25, -0.2) is 0 Å². The second-order valence-electron chi connectivity index (χ2n) is 7.95. The summed E-state index contributed by atoms with van der Waals surface area (Å²) in [6, 6.07) is 15.9. The summed E-state index contributed by atoms with van der Waals surface area (Å²) in [6.07, 6.45) is 7.32. The molecule has 1 aliphatic carbocycles. The van der Waals surface area contributed by atoms with E-state index in [1.165, 1.54) is 59.9 Å². The van der Waals surface area contributed by atoms with Gasteiger partial charge in [0.2, 0.25) is 0 Å². The van der Waals surface area contributed by atoms with Crippen LogP contribution >= 0.6 is 0 Å². The first-order valence-corrected chi connectivity index (χ1v) is 9.37. The summed E-state index contributed by atoms with van der Waals surface area (Å²) < 4.78 is 5.78. The van der Waals surface area contributed by atoms with Crippen LogP contribution in [0.3, 0.4) is 0 Å². The highest BCUT2D eigenvalue weighted by Crippen LogP contribution is 2.36. The first kappa shape index (κ1) is 17.2. The van der Waals surface area contributed by atoms with Crippen molar-refractivity contribution in [2.75, 3.05) is 6.61 Å². The highest BCUT2D eigenvalue weighted by atomic mass is 16.5. The van der Waals surface area contributed by atoms with Crippen molar-refractivity contribution in [1.29, 1.82) is 0 Å². The van der Waals surface area contributed by atoms with E-state index < -0.39 is 0 Å². The van der Waals surface area contributed by atoms with Gasteiger partial charge in [0, 0.05) is 6.61 Å². The number of rotatable bonds is 7. The van der Waals surface area contributed by atoms with Gasteiger partial charge in [0.05, 0.1) is 5.60 Å². The maximum Gasteiger partial charge on any atom is 0.0598 e. The average Bonchev–Trinajstić information content (AvgIpc) is 2.90. The Morgan fingerprint density at radius 2 is 1.58 bits per heavy atom. The van der Waals surface area contributed by atoms with Gasteiger partial charge in [-0.2, -0.15) is 0 Å². The minimum Gasteiger partial charge on any atom is -0.376 e. The molecule has 0 spiro atoms. The Bertz CT molecular complexity index is 679. The Balaban J connectivity index is 1.43. The normalized spacial score (nSPS) is 13.0. The van der Waals surface area contributed by atoms with Crippen LogP contribution in [0.15, 0.2) is 42.5 Å². The molecule has 0 heterocycles. The molecule has 0 aromatic heterocycles. The lowest BCUT2D eigenvalue weighted by Crippen LogP contribution is -2.19. The van der Waals surface area contributed by atoms with E-state index in [0.29, 0.717) is 0 Å². The van der Waals surface area contributed by atoms with Crippen LogP contribution in [0.4, 0.5) is 0 Å². The summed E-state index contributed by atoms with van der Waals surface area (Å²) >= 11 is 0. The van der Waals surface area contributed by atoms with Crippen molar-refractivity contribution in [3.05, 3.63) is 59.2 Å². The Labute approximate surface area is 147 Å². The fourth-order valence-electron chi connectivity index (χ4n) is 3.52. The minimum atomic E-state index is 0.00198. The third kappa shape index (κ3) is 4.48. The summed E-state index contributed by atoms with van der Waals surface area (Å²) in [5.74, 6) is 0. The Kier molecular flexibility index (Phi) is 5.40. The van der Waals surface area contributed by atoms with Gasteiger partial charge >= 0.3 is 0 Å². The van der Waals surface area contributed by atoms with Gasteiger partial charge in [-0.3, -0.25) is 0 Å². The lowest BCUT2D eigenvalue weighted by atomic mass is 10.00. The van der Waals surface area contributed by atoms with E-state index in [9.17, 15) is 0 Å². The van der Waals surface area contributed by atoms with Gasteiger partial charge in [-0.1, -0.05) is 55.3 Å². The van der Waals surface area contributed by atoms with Crippen molar-refractivity contribution >= 4 is 0 Å². The molecule has 128 valence electrons. The Morgan fingerprint density at radius 1 is 0.833 bits per heavy atom. The second kappa shape index (κ2) is 7.53. The number of benzene rings is 2. The number of hydrogen-bond donors (Lipinski definition) is 0. The van der Waals surface area contributed by atoms with Crippen LogP contribution in [-0.4, -0.2) is 12.2 Å². The molecule has 0 saturated heterocycles. The maximum absolute atomic E-state index is 5.78. The second-order valence-corrected chi connectivity index (χ2v) is 7.95. The van der Waals surface area contributed by atoms with Crippen molar-refractivity contribution in [2.24, 2.45) is 0 Å². The molecule has 0 amide bonds. The molecule has 0 unspecified atom stereocenters. The Hall–Kier alpha value is -1.60. The minimum absolute atomic E-state index is 0.00198. The third-order valence-corrected chi connectivity index (χ3v) is 4.75. The molecule has 24 heavy (non-hydrogen) atoms. The molecule has 0 saturated carbocycles. The zero-order chi connectivity index (χ0) is 17.0. The number of aryl methyl sites for hydroxylation is 1. The summed E-state index contributed by atoms with van der Waals surface area (Å²) in [7, 11) is 0. The number of hydrogen-bond acceptors (Lipinski definition) is 1. The SMILES string of the molecule is CC(C)(C)OCCCCCCc1ccc2c(c1)Cc1ccccc1-2. The fraction of sp³-hybridized carbons (Fsp3) is 0.478. The maximum atomic E-state index is 5.78. The molecule has 2 aromatic carbocycles. The highest BCUT2D eigenvalue weighted by molar-refractivity contribution is 5.76. The van der Waals surface area contributed by atoms with Crippen LogP contribution < -0.4 is 0 Å². The van der Waals surface area contributed by atoms with E-state index in [2.05, 4.69) is 63.2 Å². The van der Waals surface area contributed by atoms with Gasteiger partial charge in [0.15, 0.2) is 0 Å². The molecule has 0 radical (unpaired) electrons. The van der Waals surface area contributed by atoms with Gasteiger partial charge in [-0.05, 0) is 74.3 Å². The van der Waals surface area contributed by atoms with Crippen molar-refractivity contribution in [3.8, 4) is 11.1 Å². The van der Waals surface area contributed by atoms with Crippen LogP contribution in [0.25, 0.3) is 11.1 Å². The topological polar surface area (TPSA) is 9.23 Å². The van der Waals surface area contributed by atoms with Crippen LogP contribution in [0.5, 0.6) is 0 Å². The number of ether oxygens (including phenoxy) is 1. The summed E-state index contributed by atoms with van der Waals surface area (Å²) in [5.41, 5.74) is 7.34. The summed E-state index contributed by atoms with van der Waals surface area (Å²) in [4.78, 5) is 0. The quantitative estimate of drug-likeness (QED) is 0.472. The largest absolute Gasteiger partial charge is 0.376 e. The van der Waals surface area contributed by atoms with E-state index in [1.807, 2.05) is 0 Å². The van der Waals surface area contributed by atoms with Crippen molar-refractivity contribution in [2.45, 2.75) is 64.9 Å². The molecule has 0 N–H and O–H groups in total. The van der Waals surface area contributed by atoms with Crippen molar-refractivity contribution < 1.29 is 4.74 Å². The molecule has 0 aliphatic heterocycles. The van der Waals surface area contributed by atoms with Crippen molar-refractivity contribution in [3.63, 3.8) is 0 Å². The molecule has 1 aliphatic rings. The lowest BCUT2D eigenvalue weighted by molar-refractivity contribution is -0.00473. The van der Waals surface area contributed by atoms with Crippen LogP contribution in [0, 0.1) is 0 Å². The molecule has 1 heteroatoms. The smallest absolute Gasteiger partial charge is 0.0598 e. The Morgan fingerprint density at radius 3 is 2.42 bits per heavy atom. The molecule has 2 aromatic rings. The zero-order valence-corrected chi connectivity index (χ0v) is 15.4. The van der Waals surface area contributed by atoms with E-state index in [0.717, 1.165) is 13.0 Å². The zero-order valence-electron chi connectivity index (χ0n) is 15.4. The highest BCUT2D eigenvalue weighted by Gasteiger charge is 2.17. The molecule has 0 atom stereocenters. The molecule has 3 rings (SSSR count). The van der Waals surface area contributed by atoms with Crippen LogP contribution in [0.2, 0.25) is 0 Å². The van der Waals surface area contributed by atoms with Gasteiger partial charge in [0.1, 0.15) is 0 Å². The van der Waals surface area contributed by atoms with E-state index in [4.69, 9.17) is 4.74 Å². The van der Waals surface area contributed by atoms with Crippen LogP contribution in [0.1, 0.15) is 63.1 Å². The number of fused-ring (bicyclic) bond motifs is 3. The van der Waals surface area contributed by atoms with E-state index in [-0.39, 0.29) is 5.60 Å². The van der Waals surface area contributed by atoms with Gasteiger partial charge < -0.3 is 4.74 Å². The monoisotopic (exact) mass is 322 g/mol. The lowest BCUT2D eigenvalue weighted by Gasteiger charge is -2.19. The van der Waals surface area contributed by atoms with Gasteiger partial charge in [-0.15, -0.1) is 0 Å². The first-order valence-electron chi connectivity index (χ1n) is 9.37. The number of unbranched alkanes of at least 4 members (excludes halogenated alkanes) is 3. The van der Waals surface area contributed by atoms with E-state index in [1.54, 1.807) is 0 Å². The fourth-order valence-corrected chi connectivity index (χ4v) is 3.52. The molecule has 0 fully saturated rings. The predicted molar refractivity (Wildman–Crippen MR) is 103 cm³/mol. The third-order valence-electron chi connectivity index (χ3n) is 4.75. The predicted octanol–water partition coefficient (Wildman–Crippen LogP) is 6.18. The molecular weight excluding hydrogens is 292 g/mol. The van der Waals surface area contributed by atoms with Crippen molar-refractivity contribution in [1.82, 2.24) is 0 Å². The van der Waals surface area contributed by atoms with E-state index >= 15 is 0 Å². The summed E-state index contributed by atoms with van der Waals surface area (Å²) in [6.45, 7) is 7.26. The first-order chi connectivity index (χ1) is 11.5. The molecular formula is C23H30O. The molecule has 1 nitrogen and oxygen atoms in total. The molecule has 0 bridgehead atoms. The van der Waals surface area contributed by atoms with Gasteiger partial charge in [0.25, 0.3) is 0 Å². The van der Waals surface area contributed by atoms with Crippen LogP contribution in [-0.2, 0) is 17.6 Å². The average molecular weight is 322 g/mol. The summed E-state index contributed by atoms with van der Waals surface area (Å²) in [5, 5.41) is 0. The standard InChI is InChI=1S/C23H30O/c1-23(2,3)24-15-9-5-4-6-10-18-13-14-22-20(16-18)17-19-11-7-8-12-21(19)22/h7-8,11-14,16H,4-6,9-10,15,17H2,1-3H3.